The smallest absolute Gasteiger partial charge is 0.228 e. The molecule has 2 aromatic carbocycles. The molecule has 124 valence electrons. The second kappa shape index (κ2) is 7.01. The average Bonchev–Trinajstić information content (AvgIpc) is 3.08. The number of fused-ring (bicyclic) bond motifs is 1. The molecule has 1 N–H and O–H groups in total. The molecule has 1 aliphatic rings. The van der Waals surface area contributed by atoms with Gasteiger partial charge in [-0.15, -0.1) is 0 Å². The summed E-state index contributed by atoms with van der Waals surface area (Å²) in [6.45, 7) is 1.39. The SMILES string of the molecule is c1ccc2c(OCc3noc(C[C@@H]4CCCCN4)n3)cccc2c1. The number of nitrogens with zero attached hydrogens (tertiary/aromatic N) is 2. The van der Waals surface area contributed by atoms with E-state index in [0.717, 1.165) is 29.5 Å². The largest absolute Gasteiger partial charge is 0.485 e. The van der Waals surface area contributed by atoms with Gasteiger partial charge in [-0.1, -0.05) is 48.0 Å². The number of nitrogens with one attached hydrogen (secondary N) is 1. The monoisotopic (exact) mass is 323 g/mol. The van der Waals surface area contributed by atoms with Crippen molar-refractivity contribution in [2.75, 3.05) is 6.54 Å². The van der Waals surface area contributed by atoms with Crippen LogP contribution in [0, 0.1) is 0 Å². The van der Waals surface area contributed by atoms with Gasteiger partial charge in [0.15, 0.2) is 6.61 Å². The van der Waals surface area contributed by atoms with E-state index in [0.29, 0.717) is 24.4 Å². The molecule has 2 heterocycles. The van der Waals surface area contributed by atoms with Crippen LogP contribution in [0.1, 0.15) is 31.0 Å². The highest BCUT2D eigenvalue weighted by Gasteiger charge is 2.17. The first kappa shape index (κ1) is 15.1. The molecular formula is C19H21N3O2. The third-order valence-electron chi connectivity index (χ3n) is 4.45. The van der Waals surface area contributed by atoms with Gasteiger partial charge in [0, 0.05) is 17.8 Å². The van der Waals surface area contributed by atoms with Crippen molar-refractivity contribution in [2.45, 2.75) is 38.3 Å². The molecule has 3 aromatic rings. The molecule has 5 heteroatoms. The Hall–Kier alpha value is -2.40. The molecule has 1 fully saturated rings. The molecule has 0 amide bonds. The third kappa shape index (κ3) is 3.41. The Labute approximate surface area is 141 Å². The van der Waals surface area contributed by atoms with Crippen LogP contribution in [0.4, 0.5) is 0 Å². The van der Waals surface area contributed by atoms with E-state index in [9.17, 15) is 0 Å². The molecule has 1 saturated heterocycles. The zero-order chi connectivity index (χ0) is 16.2. The molecule has 0 spiro atoms. The fourth-order valence-corrected chi connectivity index (χ4v) is 3.20. The van der Waals surface area contributed by atoms with Crippen LogP contribution in [0.2, 0.25) is 0 Å². The van der Waals surface area contributed by atoms with Crippen LogP contribution in [0.3, 0.4) is 0 Å². The zero-order valence-corrected chi connectivity index (χ0v) is 13.6. The van der Waals surface area contributed by atoms with Crippen LogP contribution in [-0.2, 0) is 13.0 Å². The average molecular weight is 323 g/mol. The minimum atomic E-state index is 0.315. The molecular weight excluding hydrogens is 302 g/mol. The first-order chi connectivity index (χ1) is 11.9. The summed E-state index contributed by atoms with van der Waals surface area (Å²) in [6.07, 6.45) is 4.48. The highest BCUT2D eigenvalue weighted by atomic mass is 16.5. The van der Waals surface area contributed by atoms with Crippen molar-refractivity contribution < 1.29 is 9.26 Å². The number of ether oxygens (including phenoxy) is 1. The predicted octanol–water partition coefficient (Wildman–Crippen LogP) is 3.49. The van der Waals surface area contributed by atoms with Gasteiger partial charge in [0.2, 0.25) is 11.7 Å². The van der Waals surface area contributed by atoms with Crippen molar-refractivity contribution in [3.05, 3.63) is 54.2 Å². The lowest BCUT2D eigenvalue weighted by Crippen LogP contribution is -2.35. The molecule has 1 aliphatic heterocycles. The third-order valence-corrected chi connectivity index (χ3v) is 4.45. The summed E-state index contributed by atoms with van der Waals surface area (Å²) in [4.78, 5) is 4.46. The van der Waals surface area contributed by atoms with Crippen LogP contribution >= 0.6 is 0 Å². The normalized spacial score (nSPS) is 17.9. The van der Waals surface area contributed by atoms with Crippen molar-refractivity contribution in [3.63, 3.8) is 0 Å². The van der Waals surface area contributed by atoms with Crippen LogP contribution in [0.5, 0.6) is 5.75 Å². The van der Waals surface area contributed by atoms with E-state index < -0.39 is 0 Å². The first-order valence-electron chi connectivity index (χ1n) is 8.54. The fourth-order valence-electron chi connectivity index (χ4n) is 3.20. The molecule has 0 aliphatic carbocycles. The van der Waals surface area contributed by atoms with Crippen LogP contribution in [0.15, 0.2) is 47.0 Å². The number of piperidine rings is 1. The van der Waals surface area contributed by atoms with Crippen molar-refractivity contribution >= 4 is 10.8 Å². The number of benzene rings is 2. The van der Waals surface area contributed by atoms with E-state index in [1.807, 2.05) is 24.3 Å². The number of hydrogen-bond donors (Lipinski definition) is 1. The fraction of sp³-hybridized carbons (Fsp3) is 0.368. The Bertz CT molecular complexity index is 804. The van der Waals surface area contributed by atoms with Crippen molar-refractivity contribution in [1.29, 1.82) is 0 Å². The maximum atomic E-state index is 5.91. The van der Waals surface area contributed by atoms with Gasteiger partial charge in [0.1, 0.15) is 5.75 Å². The van der Waals surface area contributed by atoms with Gasteiger partial charge < -0.3 is 14.6 Å². The summed E-state index contributed by atoms with van der Waals surface area (Å²) in [5, 5.41) is 9.79. The summed E-state index contributed by atoms with van der Waals surface area (Å²) >= 11 is 0. The van der Waals surface area contributed by atoms with E-state index >= 15 is 0 Å². The molecule has 0 bridgehead atoms. The van der Waals surface area contributed by atoms with E-state index in [-0.39, 0.29) is 0 Å². The van der Waals surface area contributed by atoms with E-state index in [1.165, 1.54) is 19.3 Å². The minimum Gasteiger partial charge on any atom is -0.485 e. The summed E-state index contributed by atoms with van der Waals surface area (Å²) in [6, 6.07) is 14.7. The van der Waals surface area contributed by atoms with E-state index in [2.05, 4.69) is 33.7 Å². The van der Waals surface area contributed by atoms with Crippen molar-refractivity contribution in [3.8, 4) is 5.75 Å². The summed E-state index contributed by atoms with van der Waals surface area (Å²) < 4.78 is 11.3. The van der Waals surface area contributed by atoms with Crippen LogP contribution in [-0.4, -0.2) is 22.7 Å². The highest BCUT2D eigenvalue weighted by Crippen LogP contribution is 2.25. The first-order valence-corrected chi connectivity index (χ1v) is 8.54. The second-order valence-corrected chi connectivity index (χ2v) is 6.22. The second-order valence-electron chi connectivity index (χ2n) is 6.22. The van der Waals surface area contributed by atoms with Crippen molar-refractivity contribution in [2.24, 2.45) is 0 Å². The molecule has 0 unspecified atom stereocenters. The topological polar surface area (TPSA) is 60.2 Å². The van der Waals surface area contributed by atoms with Gasteiger partial charge in [-0.05, 0) is 30.8 Å². The molecule has 24 heavy (non-hydrogen) atoms. The van der Waals surface area contributed by atoms with Crippen LogP contribution < -0.4 is 10.1 Å². The Kier molecular flexibility index (Phi) is 4.42. The lowest BCUT2D eigenvalue weighted by atomic mass is 10.0. The van der Waals surface area contributed by atoms with Crippen molar-refractivity contribution in [1.82, 2.24) is 15.5 Å². The van der Waals surface area contributed by atoms with Gasteiger partial charge in [-0.2, -0.15) is 4.98 Å². The summed E-state index contributed by atoms with van der Waals surface area (Å²) in [7, 11) is 0. The van der Waals surface area contributed by atoms with E-state index in [1.54, 1.807) is 0 Å². The Morgan fingerprint density at radius 3 is 2.96 bits per heavy atom. The Morgan fingerprint density at radius 2 is 2.04 bits per heavy atom. The Morgan fingerprint density at radius 1 is 1.12 bits per heavy atom. The maximum absolute atomic E-state index is 5.91. The molecule has 1 atom stereocenters. The molecule has 0 saturated carbocycles. The number of hydrogen-bond acceptors (Lipinski definition) is 5. The highest BCUT2D eigenvalue weighted by molar-refractivity contribution is 5.88. The van der Waals surface area contributed by atoms with Gasteiger partial charge in [-0.25, -0.2) is 0 Å². The van der Waals surface area contributed by atoms with E-state index in [4.69, 9.17) is 9.26 Å². The maximum Gasteiger partial charge on any atom is 0.228 e. The molecule has 5 nitrogen and oxygen atoms in total. The number of rotatable bonds is 5. The van der Waals surface area contributed by atoms with Gasteiger partial charge >= 0.3 is 0 Å². The van der Waals surface area contributed by atoms with Gasteiger partial charge in [-0.3, -0.25) is 0 Å². The molecule has 1 aromatic heterocycles. The summed E-state index contributed by atoms with van der Waals surface area (Å²) in [5.74, 6) is 2.12. The summed E-state index contributed by atoms with van der Waals surface area (Å²) in [5.41, 5.74) is 0. The quantitative estimate of drug-likeness (QED) is 0.779. The number of aromatic nitrogens is 2. The predicted molar refractivity (Wildman–Crippen MR) is 91.9 cm³/mol. The van der Waals surface area contributed by atoms with Crippen LogP contribution in [0.25, 0.3) is 10.8 Å². The Balaban J connectivity index is 1.40. The molecule has 4 rings (SSSR count). The van der Waals surface area contributed by atoms with Gasteiger partial charge in [0.05, 0.1) is 0 Å². The molecule has 0 radical (unpaired) electrons. The van der Waals surface area contributed by atoms with Gasteiger partial charge in [0.25, 0.3) is 0 Å². The standard InChI is InChI=1S/C19H21N3O2/c1-2-9-16-14(6-1)7-5-10-17(16)23-13-18-21-19(24-22-18)12-15-8-3-4-11-20-15/h1-2,5-7,9-10,15,20H,3-4,8,11-13H2/t15-/m0/s1. The minimum absolute atomic E-state index is 0.315. The zero-order valence-electron chi connectivity index (χ0n) is 13.6. The lowest BCUT2D eigenvalue weighted by Gasteiger charge is -2.21. The lowest BCUT2D eigenvalue weighted by molar-refractivity contribution is 0.286.